The molecule has 1 heterocycles. The van der Waals surface area contributed by atoms with Gasteiger partial charge in [0.25, 0.3) is 0 Å². The van der Waals surface area contributed by atoms with Crippen LogP contribution in [0.25, 0.3) is 5.69 Å². The van der Waals surface area contributed by atoms with Crippen molar-refractivity contribution in [3.63, 3.8) is 0 Å². The van der Waals surface area contributed by atoms with Gasteiger partial charge in [-0.05, 0) is 39.0 Å². The summed E-state index contributed by atoms with van der Waals surface area (Å²) in [4.78, 5) is 11.6. The number of halogens is 1. The number of aromatic nitrogens is 2. The minimum absolute atomic E-state index is 0.154. The highest BCUT2D eigenvalue weighted by Gasteiger charge is 2.22. The Hall–Kier alpha value is -2.09. The maximum absolute atomic E-state index is 11.6. The molecule has 7 nitrogen and oxygen atoms in total. The Morgan fingerprint density at radius 1 is 1.40 bits per heavy atom. The molecular formula is C17H22ClN3O4. The maximum atomic E-state index is 11.6. The number of amides is 1. The van der Waals surface area contributed by atoms with Crippen LogP contribution in [0.5, 0.6) is 0 Å². The van der Waals surface area contributed by atoms with Crippen molar-refractivity contribution in [2.24, 2.45) is 0 Å². The van der Waals surface area contributed by atoms with Gasteiger partial charge in [-0.1, -0.05) is 17.7 Å². The van der Waals surface area contributed by atoms with Gasteiger partial charge in [0.15, 0.2) is 0 Å². The van der Waals surface area contributed by atoms with Crippen LogP contribution in [0.2, 0.25) is 5.02 Å². The molecule has 2 aromatic rings. The van der Waals surface area contributed by atoms with E-state index in [0.717, 1.165) is 5.69 Å². The van der Waals surface area contributed by atoms with Crippen molar-refractivity contribution in [2.45, 2.75) is 38.6 Å². The predicted octanol–water partition coefficient (Wildman–Crippen LogP) is 2.44. The molecular weight excluding hydrogens is 346 g/mol. The van der Waals surface area contributed by atoms with E-state index in [1.165, 1.54) is 6.20 Å². The second-order valence-electron chi connectivity index (χ2n) is 6.59. The van der Waals surface area contributed by atoms with Crippen molar-refractivity contribution in [3.05, 3.63) is 47.2 Å². The number of hydrogen-bond acceptors (Lipinski definition) is 5. The van der Waals surface area contributed by atoms with Crippen LogP contribution >= 0.6 is 11.6 Å². The molecule has 0 aliphatic heterocycles. The molecule has 1 aromatic heterocycles. The Bertz CT molecular complexity index is 727. The number of benzene rings is 1. The Kier molecular flexibility index (Phi) is 6.05. The first-order chi connectivity index (χ1) is 11.7. The SMILES string of the molecule is CC(C)(C)OC(=O)NCC(O)C(O)c1cnn(-c2cccc(Cl)c2)c1. The number of carbonyl (C=O) groups excluding carboxylic acids is 1. The van der Waals surface area contributed by atoms with Crippen molar-refractivity contribution in [2.75, 3.05) is 6.54 Å². The zero-order valence-corrected chi connectivity index (χ0v) is 15.1. The lowest BCUT2D eigenvalue weighted by Gasteiger charge is -2.21. The van der Waals surface area contributed by atoms with E-state index < -0.39 is 23.9 Å². The summed E-state index contributed by atoms with van der Waals surface area (Å²) in [6.45, 7) is 5.06. The topological polar surface area (TPSA) is 96.6 Å². The Labute approximate surface area is 151 Å². The van der Waals surface area contributed by atoms with E-state index in [1.807, 2.05) is 6.07 Å². The van der Waals surface area contributed by atoms with Crippen LogP contribution in [0.4, 0.5) is 4.79 Å². The number of aliphatic hydroxyl groups excluding tert-OH is 2. The minimum Gasteiger partial charge on any atom is -0.444 e. The zero-order valence-electron chi connectivity index (χ0n) is 14.3. The smallest absolute Gasteiger partial charge is 0.407 e. The largest absolute Gasteiger partial charge is 0.444 e. The molecule has 1 aromatic carbocycles. The second-order valence-corrected chi connectivity index (χ2v) is 7.03. The van der Waals surface area contributed by atoms with Crippen molar-refractivity contribution < 1.29 is 19.7 Å². The monoisotopic (exact) mass is 367 g/mol. The molecule has 25 heavy (non-hydrogen) atoms. The van der Waals surface area contributed by atoms with Gasteiger partial charge < -0.3 is 20.3 Å². The van der Waals surface area contributed by atoms with E-state index in [2.05, 4.69) is 10.4 Å². The van der Waals surface area contributed by atoms with Crippen LogP contribution in [-0.2, 0) is 4.74 Å². The van der Waals surface area contributed by atoms with Gasteiger partial charge in [-0.15, -0.1) is 0 Å². The zero-order chi connectivity index (χ0) is 18.6. The highest BCUT2D eigenvalue weighted by molar-refractivity contribution is 6.30. The molecule has 0 saturated heterocycles. The summed E-state index contributed by atoms with van der Waals surface area (Å²) in [5, 5.41) is 27.4. The summed E-state index contributed by atoms with van der Waals surface area (Å²) < 4.78 is 6.62. The van der Waals surface area contributed by atoms with Crippen LogP contribution in [-0.4, -0.2) is 44.3 Å². The molecule has 3 N–H and O–H groups in total. The lowest BCUT2D eigenvalue weighted by molar-refractivity contribution is 0.0129. The van der Waals surface area contributed by atoms with Crippen LogP contribution in [0, 0.1) is 0 Å². The molecule has 136 valence electrons. The van der Waals surface area contributed by atoms with Gasteiger partial charge in [0.2, 0.25) is 0 Å². The fourth-order valence-electron chi connectivity index (χ4n) is 2.09. The predicted molar refractivity (Wildman–Crippen MR) is 93.8 cm³/mol. The van der Waals surface area contributed by atoms with Gasteiger partial charge >= 0.3 is 6.09 Å². The fourth-order valence-corrected chi connectivity index (χ4v) is 2.27. The van der Waals surface area contributed by atoms with Crippen LogP contribution in [0.3, 0.4) is 0 Å². The van der Waals surface area contributed by atoms with E-state index in [4.69, 9.17) is 16.3 Å². The number of hydrogen-bond donors (Lipinski definition) is 3. The number of nitrogens with one attached hydrogen (secondary N) is 1. The number of nitrogens with zero attached hydrogens (tertiary/aromatic N) is 2. The number of ether oxygens (including phenoxy) is 1. The van der Waals surface area contributed by atoms with Crippen molar-refractivity contribution in [3.8, 4) is 5.69 Å². The van der Waals surface area contributed by atoms with Crippen LogP contribution in [0.1, 0.15) is 32.4 Å². The first kappa shape index (κ1) is 19.2. The Balaban J connectivity index is 1.96. The number of carbonyl (C=O) groups is 1. The van der Waals surface area contributed by atoms with Crippen molar-refractivity contribution in [1.29, 1.82) is 0 Å². The molecule has 2 rings (SSSR count). The third-order valence-electron chi connectivity index (χ3n) is 3.24. The van der Waals surface area contributed by atoms with Gasteiger partial charge in [0.05, 0.1) is 11.9 Å². The minimum atomic E-state index is -1.21. The lowest BCUT2D eigenvalue weighted by Crippen LogP contribution is -2.38. The highest BCUT2D eigenvalue weighted by atomic mass is 35.5. The summed E-state index contributed by atoms with van der Waals surface area (Å²) >= 11 is 5.95. The summed E-state index contributed by atoms with van der Waals surface area (Å²) in [6, 6.07) is 7.08. The number of alkyl carbamates (subject to hydrolysis) is 1. The molecule has 0 spiro atoms. The normalized spacial score (nSPS) is 14.0. The first-order valence-corrected chi connectivity index (χ1v) is 8.17. The van der Waals surface area contributed by atoms with Gasteiger partial charge in [0, 0.05) is 23.3 Å². The quantitative estimate of drug-likeness (QED) is 0.754. The average Bonchev–Trinajstić information content (AvgIpc) is 3.00. The molecule has 0 radical (unpaired) electrons. The summed E-state index contributed by atoms with van der Waals surface area (Å²) in [5.41, 5.74) is 0.511. The standard InChI is InChI=1S/C17H22ClN3O4/c1-17(2,3)25-16(24)19-9-14(22)15(23)11-8-20-21(10-11)13-6-4-5-12(18)7-13/h4-8,10,14-15,22-23H,9H2,1-3H3,(H,19,24). The van der Waals surface area contributed by atoms with Crippen molar-refractivity contribution in [1.82, 2.24) is 15.1 Å². The molecule has 1 amide bonds. The average molecular weight is 368 g/mol. The lowest BCUT2D eigenvalue weighted by atomic mass is 10.1. The van der Waals surface area contributed by atoms with E-state index in [0.29, 0.717) is 10.6 Å². The summed E-state index contributed by atoms with van der Waals surface area (Å²) in [5.74, 6) is 0. The van der Waals surface area contributed by atoms with Gasteiger partial charge in [0.1, 0.15) is 17.8 Å². The fraction of sp³-hybridized carbons (Fsp3) is 0.412. The van der Waals surface area contributed by atoms with Crippen molar-refractivity contribution >= 4 is 17.7 Å². The van der Waals surface area contributed by atoms with Gasteiger partial charge in [-0.3, -0.25) is 0 Å². The third-order valence-corrected chi connectivity index (χ3v) is 3.47. The molecule has 2 unspecified atom stereocenters. The Morgan fingerprint density at radius 3 is 2.76 bits per heavy atom. The molecule has 2 atom stereocenters. The number of rotatable bonds is 5. The summed E-state index contributed by atoms with van der Waals surface area (Å²) in [7, 11) is 0. The molecule has 0 bridgehead atoms. The van der Waals surface area contributed by atoms with Gasteiger partial charge in [-0.2, -0.15) is 5.10 Å². The number of aliphatic hydroxyl groups is 2. The van der Waals surface area contributed by atoms with Crippen LogP contribution < -0.4 is 5.32 Å². The van der Waals surface area contributed by atoms with E-state index in [9.17, 15) is 15.0 Å². The second kappa shape index (κ2) is 7.86. The Morgan fingerprint density at radius 2 is 2.12 bits per heavy atom. The molecule has 0 aliphatic rings. The highest BCUT2D eigenvalue weighted by Crippen LogP contribution is 2.19. The van der Waals surface area contributed by atoms with Gasteiger partial charge in [-0.25, -0.2) is 9.48 Å². The first-order valence-electron chi connectivity index (χ1n) is 7.79. The van der Waals surface area contributed by atoms with E-state index in [-0.39, 0.29) is 6.54 Å². The third kappa shape index (κ3) is 5.74. The van der Waals surface area contributed by atoms with E-state index >= 15 is 0 Å². The summed E-state index contributed by atoms with van der Waals surface area (Å²) in [6.07, 6.45) is -0.0317. The molecule has 0 fully saturated rings. The maximum Gasteiger partial charge on any atom is 0.407 e. The molecule has 0 aliphatic carbocycles. The molecule has 0 saturated carbocycles. The van der Waals surface area contributed by atoms with E-state index in [1.54, 1.807) is 49.8 Å². The molecule has 8 heteroatoms. The van der Waals surface area contributed by atoms with Crippen LogP contribution in [0.15, 0.2) is 36.7 Å².